The third-order valence-electron chi connectivity index (χ3n) is 5.45. The van der Waals surface area contributed by atoms with Crippen molar-refractivity contribution in [1.29, 1.82) is 0 Å². The van der Waals surface area contributed by atoms with Crippen LogP contribution in [0.2, 0.25) is 0 Å². The van der Waals surface area contributed by atoms with Crippen LogP contribution in [0.4, 0.5) is 5.69 Å². The van der Waals surface area contributed by atoms with Crippen LogP contribution in [0.3, 0.4) is 0 Å². The van der Waals surface area contributed by atoms with E-state index in [4.69, 9.17) is 5.73 Å². The molecule has 0 bridgehead atoms. The second-order valence-electron chi connectivity index (χ2n) is 7.15. The van der Waals surface area contributed by atoms with E-state index in [0.29, 0.717) is 30.8 Å². The van der Waals surface area contributed by atoms with E-state index in [1.165, 1.54) is 5.69 Å². The molecule has 0 radical (unpaired) electrons. The van der Waals surface area contributed by atoms with Gasteiger partial charge in [0.1, 0.15) is 0 Å². The molecule has 26 heavy (non-hydrogen) atoms. The molecule has 148 valence electrons. The fraction of sp³-hybridized carbons (Fsp3) is 0.632. The molecule has 1 aromatic carbocycles. The molecule has 3 rings (SSSR count). The monoisotopic (exact) mass is 402 g/mol. The first-order valence-electron chi connectivity index (χ1n) is 9.19. The van der Waals surface area contributed by atoms with Crippen molar-refractivity contribution in [3.63, 3.8) is 0 Å². The number of hydrogen-bond donors (Lipinski definition) is 1. The van der Waals surface area contributed by atoms with Gasteiger partial charge in [0.15, 0.2) is 0 Å². The van der Waals surface area contributed by atoms with E-state index in [0.717, 1.165) is 45.7 Å². The first kappa shape index (κ1) is 23.0. The zero-order valence-electron chi connectivity index (χ0n) is 15.5. The molecule has 0 spiro atoms. The Morgan fingerprint density at radius 1 is 1.12 bits per heavy atom. The summed E-state index contributed by atoms with van der Waals surface area (Å²) in [4.78, 5) is 19.4. The lowest BCUT2D eigenvalue weighted by molar-refractivity contribution is -0.132. The lowest BCUT2D eigenvalue weighted by atomic mass is 10.1. The number of halogens is 2. The summed E-state index contributed by atoms with van der Waals surface area (Å²) in [6.45, 7) is 8.69. The van der Waals surface area contributed by atoms with Crippen LogP contribution in [0.15, 0.2) is 30.3 Å². The molecule has 2 unspecified atom stereocenters. The number of carbonyl (C=O) groups is 1. The number of amides is 1. The second-order valence-corrected chi connectivity index (χ2v) is 7.15. The molecular weight excluding hydrogens is 371 g/mol. The summed E-state index contributed by atoms with van der Waals surface area (Å²) in [7, 11) is 0. The third-order valence-corrected chi connectivity index (χ3v) is 5.45. The maximum Gasteiger partial charge on any atom is 0.224 e. The molecular formula is C19H32Cl2N4O. The maximum absolute atomic E-state index is 12.5. The van der Waals surface area contributed by atoms with Crippen LogP contribution in [0, 0.1) is 5.92 Å². The van der Waals surface area contributed by atoms with E-state index >= 15 is 0 Å². The second kappa shape index (κ2) is 11.0. The Kier molecular flexibility index (Phi) is 9.72. The van der Waals surface area contributed by atoms with Gasteiger partial charge in [0.05, 0.1) is 0 Å². The lowest BCUT2D eigenvalue weighted by Gasteiger charge is -2.36. The van der Waals surface area contributed by atoms with E-state index in [1.807, 2.05) is 4.90 Å². The van der Waals surface area contributed by atoms with Gasteiger partial charge in [-0.3, -0.25) is 9.69 Å². The van der Waals surface area contributed by atoms with Gasteiger partial charge in [0.25, 0.3) is 0 Å². The minimum absolute atomic E-state index is 0. The minimum atomic E-state index is 0. The quantitative estimate of drug-likeness (QED) is 0.820. The van der Waals surface area contributed by atoms with Gasteiger partial charge >= 0.3 is 0 Å². The van der Waals surface area contributed by atoms with Crippen LogP contribution < -0.4 is 10.6 Å². The van der Waals surface area contributed by atoms with Gasteiger partial charge in [-0.15, -0.1) is 24.8 Å². The smallest absolute Gasteiger partial charge is 0.224 e. The maximum atomic E-state index is 12.5. The van der Waals surface area contributed by atoms with Crippen molar-refractivity contribution in [2.45, 2.75) is 25.8 Å². The van der Waals surface area contributed by atoms with Crippen molar-refractivity contribution in [2.75, 3.05) is 50.7 Å². The van der Waals surface area contributed by atoms with Gasteiger partial charge in [-0.2, -0.15) is 0 Å². The zero-order valence-corrected chi connectivity index (χ0v) is 17.2. The van der Waals surface area contributed by atoms with Gasteiger partial charge < -0.3 is 15.5 Å². The van der Waals surface area contributed by atoms with Crippen LogP contribution >= 0.6 is 24.8 Å². The van der Waals surface area contributed by atoms with Gasteiger partial charge in [0, 0.05) is 57.4 Å². The summed E-state index contributed by atoms with van der Waals surface area (Å²) < 4.78 is 0. The summed E-state index contributed by atoms with van der Waals surface area (Å²) in [6.07, 6.45) is 1.69. The highest BCUT2D eigenvalue weighted by Crippen LogP contribution is 2.23. The first-order valence-corrected chi connectivity index (χ1v) is 9.19. The van der Waals surface area contributed by atoms with Crippen molar-refractivity contribution in [1.82, 2.24) is 9.80 Å². The van der Waals surface area contributed by atoms with Gasteiger partial charge in [-0.05, 0) is 37.9 Å². The third kappa shape index (κ3) is 5.74. The highest BCUT2D eigenvalue weighted by Gasteiger charge is 2.31. The molecule has 2 aliphatic rings. The molecule has 2 heterocycles. The summed E-state index contributed by atoms with van der Waals surface area (Å²) >= 11 is 0. The average Bonchev–Trinajstić information content (AvgIpc) is 3.02. The average molecular weight is 403 g/mol. The highest BCUT2D eigenvalue weighted by molar-refractivity contribution is 5.85. The lowest BCUT2D eigenvalue weighted by Crippen LogP contribution is -2.47. The molecule has 7 heteroatoms. The number of hydrogen-bond acceptors (Lipinski definition) is 4. The van der Waals surface area contributed by atoms with E-state index < -0.39 is 0 Å². The topological polar surface area (TPSA) is 52.8 Å². The van der Waals surface area contributed by atoms with E-state index in [1.54, 1.807) is 0 Å². The normalized spacial score (nSPS) is 23.3. The van der Waals surface area contributed by atoms with Crippen molar-refractivity contribution >= 4 is 36.4 Å². The van der Waals surface area contributed by atoms with Crippen molar-refractivity contribution in [2.24, 2.45) is 11.7 Å². The Morgan fingerprint density at radius 3 is 2.35 bits per heavy atom. The predicted octanol–water partition coefficient (Wildman–Crippen LogP) is 2.24. The molecule has 0 aromatic heterocycles. The number of nitrogens with two attached hydrogens (primary N) is 1. The zero-order chi connectivity index (χ0) is 16.9. The summed E-state index contributed by atoms with van der Waals surface area (Å²) in [6, 6.07) is 10.9. The minimum Gasteiger partial charge on any atom is -0.369 e. The van der Waals surface area contributed by atoms with Crippen LogP contribution in [-0.2, 0) is 4.79 Å². The molecule has 2 N–H and O–H groups in total. The standard InChI is InChI=1S/C19H30N4O.2ClH/c1-16-13-17(14-20)15-23(16)19(24)7-8-21-9-11-22(12-10-21)18-5-3-2-4-6-18;;/h2-6,16-17H,7-15,20H2,1H3;2*1H. The molecule has 0 aliphatic carbocycles. The van der Waals surface area contributed by atoms with Gasteiger partial charge in [-0.1, -0.05) is 18.2 Å². The fourth-order valence-electron chi connectivity index (χ4n) is 3.93. The van der Waals surface area contributed by atoms with Crippen molar-refractivity contribution < 1.29 is 4.79 Å². The van der Waals surface area contributed by atoms with Crippen LogP contribution in [0.5, 0.6) is 0 Å². The SMILES string of the molecule is CC1CC(CN)CN1C(=O)CCN1CCN(c2ccccc2)CC1.Cl.Cl. The largest absolute Gasteiger partial charge is 0.369 e. The Morgan fingerprint density at radius 2 is 1.77 bits per heavy atom. The van der Waals surface area contributed by atoms with Crippen LogP contribution in [0.1, 0.15) is 19.8 Å². The molecule has 2 aliphatic heterocycles. The molecule has 0 saturated carbocycles. The molecule has 1 aromatic rings. The van der Waals surface area contributed by atoms with Crippen molar-refractivity contribution in [3.05, 3.63) is 30.3 Å². The van der Waals surface area contributed by atoms with Gasteiger partial charge in [-0.25, -0.2) is 0 Å². The number of nitrogens with zero attached hydrogens (tertiary/aromatic N) is 3. The number of piperazine rings is 1. The number of carbonyl (C=O) groups excluding carboxylic acids is 1. The first-order chi connectivity index (χ1) is 11.7. The molecule has 2 atom stereocenters. The summed E-state index contributed by atoms with van der Waals surface area (Å²) in [5.74, 6) is 0.780. The summed E-state index contributed by atoms with van der Waals surface area (Å²) in [5.41, 5.74) is 7.06. The van der Waals surface area contributed by atoms with Crippen molar-refractivity contribution in [3.8, 4) is 0 Å². The summed E-state index contributed by atoms with van der Waals surface area (Å²) in [5, 5.41) is 0. The predicted molar refractivity (Wildman–Crippen MR) is 113 cm³/mol. The Balaban J connectivity index is 0.00000169. The Labute approximate surface area is 169 Å². The number of anilines is 1. The van der Waals surface area contributed by atoms with E-state index in [-0.39, 0.29) is 24.8 Å². The molecule has 2 saturated heterocycles. The van der Waals surface area contributed by atoms with Crippen LogP contribution in [-0.4, -0.2) is 67.6 Å². The number of likely N-dealkylation sites (tertiary alicyclic amines) is 1. The number of benzene rings is 1. The molecule has 1 amide bonds. The van der Waals surface area contributed by atoms with E-state index in [2.05, 4.69) is 47.1 Å². The molecule has 5 nitrogen and oxygen atoms in total. The number of rotatable bonds is 5. The number of para-hydroxylation sites is 1. The fourth-order valence-corrected chi connectivity index (χ4v) is 3.93. The Bertz CT molecular complexity index is 538. The van der Waals surface area contributed by atoms with Gasteiger partial charge in [0.2, 0.25) is 5.91 Å². The van der Waals surface area contributed by atoms with E-state index in [9.17, 15) is 4.79 Å². The Hall–Kier alpha value is -1.01. The molecule has 2 fully saturated rings. The van der Waals surface area contributed by atoms with Crippen LogP contribution in [0.25, 0.3) is 0 Å². The highest BCUT2D eigenvalue weighted by atomic mass is 35.5.